The van der Waals surface area contributed by atoms with E-state index in [-0.39, 0.29) is 19.1 Å². The third-order valence-electron chi connectivity index (χ3n) is 2.96. The molecule has 1 amide bonds. The van der Waals surface area contributed by atoms with E-state index in [1.807, 2.05) is 32.9 Å². The molecule has 0 aliphatic heterocycles. The molecule has 0 saturated heterocycles. The molecule has 0 radical (unpaired) electrons. The highest BCUT2D eigenvalue weighted by atomic mass is 16.5. The second-order valence-corrected chi connectivity index (χ2v) is 5.53. The van der Waals surface area contributed by atoms with Gasteiger partial charge < -0.3 is 19.9 Å². The summed E-state index contributed by atoms with van der Waals surface area (Å²) in [6.07, 6.45) is 0.135. The van der Waals surface area contributed by atoms with Gasteiger partial charge in [0.15, 0.2) is 18.1 Å². The average Bonchev–Trinajstić information content (AvgIpc) is 2.42. The molecule has 2 N–H and O–H groups in total. The Kier molecular flexibility index (Phi) is 7.02. The number of nitrogens with one attached hydrogen (secondary N) is 1. The van der Waals surface area contributed by atoms with E-state index in [0.717, 1.165) is 5.56 Å². The predicted octanol–water partition coefficient (Wildman–Crippen LogP) is 1.91. The van der Waals surface area contributed by atoms with Crippen LogP contribution in [-0.2, 0) is 4.79 Å². The maximum atomic E-state index is 11.7. The summed E-state index contributed by atoms with van der Waals surface area (Å²) in [4.78, 5) is 11.7. The number of rotatable bonds is 8. The van der Waals surface area contributed by atoms with Gasteiger partial charge >= 0.3 is 0 Å². The summed E-state index contributed by atoms with van der Waals surface area (Å²) >= 11 is 0. The summed E-state index contributed by atoms with van der Waals surface area (Å²) in [5.41, 5.74) is 1.06. The fraction of sp³-hybridized carbons (Fsp3) is 0.562. The Bertz CT molecular complexity index is 460. The first kappa shape index (κ1) is 17.3. The van der Waals surface area contributed by atoms with E-state index in [9.17, 15) is 9.90 Å². The van der Waals surface area contributed by atoms with Gasteiger partial charge in [-0.2, -0.15) is 0 Å². The third kappa shape index (κ3) is 6.49. The molecule has 1 atom stereocenters. The molecule has 0 heterocycles. The SMILES string of the molecule is COc1cc(C)ccc1OCC(=O)NCC(O)CC(C)C. The van der Waals surface area contributed by atoms with Gasteiger partial charge in [-0.25, -0.2) is 0 Å². The zero-order valence-electron chi connectivity index (χ0n) is 13.2. The van der Waals surface area contributed by atoms with Gasteiger partial charge in [-0.05, 0) is 37.0 Å². The minimum Gasteiger partial charge on any atom is -0.493 e. The van der Waals surface area contributed by atoms with Crippen molar-refractivity contribution in [2.24, 2.45) is 5.92 Å². The average molecular weight is 295 g/mol. The first-order valence-corrected chi connectivity index (χ1v) is 7.14. The van der Waals surface area contributed by atoms with Gasteiger partial charge in [0.2, 0.25) is 0 Å². The zero-order valence-corrected chi connectivity index (χ0v) is 13.2. The van der Waals surface area contributed by atoms with Gasteiger partial charge in [0.25, 0.3) is 5.91 Å². The quantitative estimate of drug-likeness (QED) is 0.768. The van der Waals surface area contributed by atoms with Gasteiger partial charge in [0.05, 0.1) is 13.2 Å². The number of hydrogen-bond donors (Lipinski definition) is 2. The Morgan fingerprint density at radius 2 is 2.05 bits per heavy atom. The van der Waals surface area contributed by atoms with E-state index in [1.54, 1.807) is 13.2 Å². The van der Waals surface area contributed by atoms with E-state index in [4.69, 9.17) is 9.47 Å². The van der Waals surface area contributed by atoms with Crippen molar-refractivity contribution in [3.8, 4) is 11.5 Å². The first-order valence-electron chi connectivity index (χ1n) is 7.14. The second kappa shape index (κ2) is 8.52. The van der Waals surface area contributed by atoms with Crippen molar-refractivity contribution >= 4 is 5.91 Å². The first-order chi connectivity index (χ1) is 9.92. The molecule has 5 heteroatoms. The van der Waals surface area contributed by atoms with Crippen LogP contribution >= 0.6 is 0 Å². The summed E-state index contributed by atoms with van der Waals surface area (Å²) in [5.74, 6) is 1.26. The summed E-state index contributed by atoms with van der Waals surface area (Å²) in [7, 11) is 1.56. The van der Waals surface area contributed by atoms with E-state index in [0.29, 0.717) is 23.8 Å². The Hall–Kier alpha value is -1.75. The number of benzene rings is 1. The maximum Gasteiger partial charge on any atom is 0.258 e. The van der Waals surface area contributed by atoms with Crippen LogP contribution in [-0.4, -0.2) is 37.4 Å². The van der Waals surface area contributed by atoms with Gasteiger partial charge in [0.1, 0.15) is 0 Å². The molecule has 5 nitrogen and oxygen atoms in total. The monoisotopic (exact) mass is 295 g/mol. The second-order valence-electron chi connectivity index (χ2n) is 5.53. The molecule has 1 rings (SSSR count). The molecular weight excluding hydrogens is 270 g/mol. The van der Waals surface area contributed by atoms with Crippen LogP contribution in [0.25, 0.3) is 0 Å². The molecule has 1 aromatic carbocycles. The predicted molar refractivity (Wildman–Crippen MR) is 81.7 cm³/mol. The summed E-state index contributed by atoms with van der Waals surface area (Å²) in [6, 6.07) is 5.51. The van der Waals surface area contributed by atoms with E-state index in [2.05, 4.69) is 5.32 Å². The molecule has 0 fully saturated rings. The minimum absolute atomic E-state index is 0.103. The number of aryl methyl sites for hydroxylation is 1. The van der Waals surface area contributed by atoms with Crippen LogP contribution in [0.4, 0.5) is 0 Å². The number of ether oxygens (including phenoxy) is 2. The third-order valence-corrected chi connectivity index (χ3v) is 2.96. The van der Waals surface area contributed by atoms with Gasteiger partial charge in [0, 0.05) is 6.54 Å². The molecular formula is C16H25NO4. The Morgan fingerprint density at radius 3 is 2.67 bits per heavy atom. The highest BCUT2D eigenvalue weighted by Gasteiger charge is 2.11. The molecule has 1 unspecified atom stereocenters. The summed E-state index contributed by atoms with van der Waals surface area (Å²) < 4.78 is 10.6. The lowest BCUT2D eigenvalue weighted by Crippen LogP contribution is -2.35. The largest absolute Gasteiger partial charge is 0.493 e. The van der Waals surface area contributed by atoms with Crippen molar-refractivity contribution in [1.82, 2.24) is 5.32 Å². The van der Waals surface area contributed by atoms with Crippen molar-refractivity contribution in [1.29, 1.82) is 0 Å². The van der Waals surface area contributed by atoms with Crippen molar-refractivity contribution in [3.05, 3.63) is 23.8 Å². The summed E-state index contributed by atoms with van der Waals surface area (Å²) in [6.45, 7) is 6.14. The van der Waals surface area contributed by atoms with Crippen molar-refractivity contribution in [2.75, 3.05) is 20.3 Å². The number of aliphatic hydroxyl groups excluding tert-OH is 1. The normalized spacial score (nSPS) is 12.1. The Morgan fingerprint density at radius 1 is 1.33 bits per heavy atom. The van der Waals surface area contributed by atoms with Gasteiger partial charge in [-0.3, -0.25) is 4.79 Å². The Labute approximate surface area is 126 Å². The van der Waals surface area contributed by atoms with Crippen LogP contribution in [0, 0.1) is 12.8 Å². The lowest BCUT2D eigenvalue weighted by Gasteiger charge is -2.14. The number of aliphatic hydroxyl groups is 1. The fourth-order valence-corrected chi connectivity index (χ4v) is 1.95. The number of methoxy groups -OCH3 is 1. The van der Waals surface area contributed by atoms with Crippen LogP contribution in [0.2, 0.25) is 0 Å². The van der Waals surface area contributed by atoms with Crippen LogP contribution in [0.15, 0.2) is 18.2 Å². The van der Waals surface area contributed by atoms with E-state index < -0.39 is 6.10 Å². The van der Waals surface area contributed by atoms with Crippen molar-refractivity contribution in [2.45, 2.75) is 33.3 Å². The molecule has 1 aromatic rings. The molecule has 0 saturated carbocycles. The highest BCUT2D eigenvalue weighted by Crippen LogP contribution is 2.27. The van der Waals surface area contributed by atoms with Crippen LogP contribution < -0.4 is 14.8 Å². The smallest absolute Gasteiger partial charge is 0.258 e. The fourth-order valence-electron chi connectivity index (χ4n) is 1.95. The molecule has 0 aromatic heterocycles. The molecule has 21 heavy (non-hydrogen) atoms. The Balaban J connectivity index is 2.39. The van der Waals surface area contributed by atoms with E-state index in [1.165, 1.54) is 0 Å². The number of amides is 1. The highest BCUT2D eigenvalue weighted by molar-refractivity contribution is 5.77. The summed E-state index contributed by atoms with van der Waals surface area (Å²) in [5, 5.41) is 12.3. The van der Waals surface area contributed by atoms with Crippen molar-refractivity contribution in [3.63, 3.8) is 0 Å². The topological polar surface area (TPSA) is 67.8 Å². The molecule has 0 aliphatic carbocycles. The molecule has 0 spiro atoms. The van der Waals surface area contributed by atoms with E-state index >= 15 is 0 Å². The molecule has 118 valence electrons. The van der Waals surface area contributed by atoms with Crippen molar-refractivity contribution < 1.29 is 19.4 Å². The minimum atomic E-state index is -0.525. The standard InChI is InChI=1S/C16H25NO4/c1-11(2)7-13(18)9-17-16(19)10-21-14-6-5-12(3)8-15(14)20-4/h5-6,8,11,13,18H,7,9-10H2,1-4H3,(H,17,19). The van der Waals surface area contributed by atoms with Gasteiger partial charge in [-0.15, -0.1) is 0 Å². The number of carbonyl (C=O) groups is 1. The van der Waals surface area contributed by atoms with Crippen LogP contribution in [0.5, 0.6) is 11.5 Å². The number of carbonyl (C=O) groups excluding carboxylic acids is 1. The van der Waals surface area contributed by atoms with Gasteiger partial charge in [-0.1, -0.05) is 19.9 Å². The molecule has 0 bridgehead atoms. The van der Waals surface area contributed by atoms with Crippen LogP contribution in [0.3, 0.4) is 0 Å². The van der Waals surface area contributed by atoms with Crippen LogP contribution in [0.1, 0.15) is 25.8 Å². The number of hydrogen-bond acceptors (Lipinski definition) is 4. The molecule has 0 aliphatic rings. The lowest BCUT2D eigenvalue weighted by molar-refractivity contribution is -0.123. The maximum absolute atomic E-state index is 11.7. The lowest BCUT2D eigenvalue weighted by atomic mass is 10.1. The zero-order chi connectivity index (χ0) is 15.8.